The van der Waals surface area contributed by atoms with Gasteiger partial charge in [-0.1, -0.05) is 12.1 Å². The molecular weight excluding hydrogens is 201 g/mol. The van der Waals surface area contributed by atoms with Crippen LogP contribution < -0.4 is 11.3 Å². The molecule has 76 valence electrons. The van der Waals surface area contributed by atoms with E-state index in [1.54, 1.807) is 30.3 Å². The number of hydrogen-bond acceptors (Lipinski definition) is 4. The Morgan fingerprint density at radius 3 is 2.75 bits per heavy atom. The Bertz CT molecular complexity index is 542. The van der Waals surface area contributed by atoms with E-state index >= 15 is 0 Å². The van der Waals surface area contributed by atoms with Gasteiger partial charge < -0.3 is 5.73 Å². The summed E-state index contributed by atoms with van der Waals surface area (Å²) in [5.74, 6) is -0.0883. The fourth-order valence-corrected chi connectivity index (χ4v) is 1.33. The maximum Gasteiger partial charge on any atom is 0.215 e. The zero-order valence-electron chi connectivity index (χ0n) is 8.42. The second-order valence-electron chi connectivity index (χ2n) is 3.21. The van der Waals surface area contributed by atoms with Crippen LogP contribution in [0.4, 0.5) is 5.82 Å². The molecule has 16 heavy (non-hydrogen) atoms. The molecule has 0 saturated carbocycles. The number of aromatic nitrogens is 2. The number of nitrogens with zero attached hydrogens (tertiary/aromatic N) is 2. The van der Waals surface area contributed by atoms with Gasteiger partial charge in [-0.05, 0) is 23.8 Å². The molecule has 0 atom stereocenters. The minimum atomic E-state index is -0.280. The van der Waals surface area contributed by atoms with Gasteiger partial charge in [-0.15, -0.1) is 0 Å². The third kappa shape index (κ3) is 1.93. The van der Waals surface area contributed by atoms with Crippen molar-refractivity contribution in [3.8, 4) is 0 Å². The van der Waals surface area contributed by atoms with Crippen LogP contribution in [-0.2, 0) is 0 Å². The summed E-state index contributed by atoms with van der Waals surface area (Å²) in [5.41, 5.74) is 6.50. The van der Waals surface area contributed by atoms with Crippen LogP contribution in [0.3, 0.4) is 0 Å². The second-order valence-corrected chi connectivity index (χ2v) is 3.21. The lowest BCUT2D eigenvalue weighted by Gasteiger charge is -2.03. The van der Waals surface area contributed by atoms with Gasteiger partial charge in [0.2, 0.25) is 5.78 Å². The predicted octanol–water partition coefficient (Wildman–Crippen LogP) is 0.0836. The van der Waals surface area contributed by atoms with Gasteiger partial charge in [0.05, 0.1) is 5.56 Å². The number of nitrogens with two attached hydrogens (primary N) is 1. The van der Waals surface area contributed by atoms with Crippen LogP contribution in [-0.4, -0.2) is 23.6 Å². The minimum Gasteiger partial charge on any atom is -0.383 e. The van der Waals surface area contributed by atoms with Crippen LogP contribution in [0, 0.1) is 0 Å². The maximum absolute atomic E-state index is 12.0. The van der Waals surface area contributed by atoms with Crippen molar-refractivity contribution >= 4 is 25.0 Å². The summed E-state index contributed by atoms with van der Waals surface area (Å²) in [4.78, 5) is 19.8. The molecule has 4 nitrogen and oxygen atoms in total. The first-order chi connectivity index (χ1) is 7.68. The number of anilines is 1. The third-order valence-corrected chi connectivity index (χ3v) is 2.09. The van der Waals surface area contributed by atoms with Gasteiger partial charge in [0.15, 0.2) is 0 Å². The Hall–Kier alpha value is -2.17. The summed E-state index contributed by atoms with van der Waals surface area (Å²) in [6, 6.07) is 8.13. The van der Waals surface area contributed by atoms with Crippen LogP contribution >= 0.6 is 0 Å². The quantitative estimate of drug-likeness (QED) is 0.561. The SMILES string of the molecule is [B]c1cccc(C(=O)c2cccnc2N)n1. The van der Waals surface area contributed by atoms with E-state index in [2.05, 4.69) is 9.97 Å². The Kier molecular flexibility index (Phi) is 2.68. The number of pyridine rings is 2. The number of rotatable bonds is 2. The molecule has 2 aromatic rings. The van der Waals surface area contributed by atoms with Gasteiger partial charge in [-0.3, -0.25) is 9.78 Å². The maximum atomic E-state index is 12.0. The molecule has 2 rings (SSSR count). The van der Waals surface area contributed by atoms with Gasteiger partial charge in [0.25, 0.3) is 0 Å². The first kappa shape index (κ1) is 10.4. The van der Waals surface area contributed by atoms with Gasteiger partial charge >= 0.3 is 0 Å². The van der Waals surface area contributed by atoms with Crippen LogP contribution in [0.15, 0.2) is 36.5 Å². The van der Waals surface area contributed by atoms with Gasteiger partial charge in [-0.2, -0.15) is 0 Å². The lowest BCUT2D eigenvalue weighted by atomic mass is 10.0. The monoisotopic (exact) mass is 209 g/mol. The van der Waals surface area contributed by atoms with E-state index in [1.165, 1.54) is 6.20 Å². The van der Waals surface area contributed by atoms with E-state index in [9.17, 15) is 4.79 Å². The zero-order chi connectivity index (χ0) is 11.5. The molecule has 0 amide bonds. The van der Waals surface area contributed by atoms with Crippen molar-refractivity contribution in [2.45, 2.75) is 0 Å². The van der Waals surface area contributed by atoms with Crippen molar-refractivity contribution in [3.63, 3.8) is 0 Å². The molecule has 0 bridgehead atoms. The Labute approximate surface area is 93.9 Å². The molecule has 0 aliphatic carbocycles. The van der Waals surface area contributed by atoms with Crippen molar-refractivity contribution < 1.29 is 4.79 Å². The van der Waals surface area contributed by atoms with E-state index in [-0.39, 0.29) is 17.3 Å². The molecule has 0 saturated heterocycles. The number of ketones is 1. The van der Waals surface area contributed by atoms with Crippen molar-refractivity contribution in [3.05, 3.63) is 47.8 Å². The van der Waals surface area contributed by atoms with Crippen LogP contribution in [0.2, 0.25) is 0 Å². The number of carbonyl (C=O) groups excluding carboxylic acids is 1. The molecule has 0 unspecified atom stereocenters. The van der Waals surface area contributed by atoms with Crippen LogP contribution in [0.25, 0.3) is 0 Å². The number of carbonyl (C=O) groups is 1. The molecular formula is C11H8BN3O. The van der Waals surface area contributed by atoms with E-state index in [0.717, 1.165) is 0 Å². The Balaban J connectivity index is 2.44. The van der Waals surface area contributed by atoms with Gasteiger partial charge in [-0.25, -0.2) is 4.98 Å². The van der Waals surface area contributed by atoms with Crippen molar-refractivity contribution in [2.24, 2.45) is 0 Å². The molecule has 2 N–H and O–H groups in total. The van der Waals surface area contributed by atoms with E-state index < -0.39 is 0 Å². The predicted molar refractivity (Wildman–Crippen MR) is 61.7 cm³/mol. The summed E-state index contributed by atoms with van der Waals surface area (Å²) < 4.78 is 0. The minimum absolute atomic E-state index is 0.191. The number of nitrogen functional groups attached to an aromatic ring is 1. The highest BCUT2D eigenvalue weighted by Gasteiger charge is 2.13. The molecule has 2 radical (unpaired) electrons. The fourth-order valence-electron chi connectivity index (χ4n) is 1.33. The highest BCUT2D eigenvalue weighted by atomic mass is 16.1. The third-order valence-electron chi connectivity index (χ3n) is 2.09. The first-order valence-corrected chi connectivity index (χ1v) is 4.66. The van der Waals surface area contributed by atoms with Crippen molar-refractivity contribution in [1.82, 2.24) is 9.97 Å². The molecule has 0 fully saturated rings. The summed E-state index contributed by atoms with van der Waals surface area (Å²) in [5, 5.41) is 0. The van der Waals surface area contributed by atoms with Crippen LogP contribution in [0.5, 0.6) is 0 Å². The summed E-state index contributed by atoms with van der Waals surface area (Å²) in [6.45, 7) is 0. The molecule has 5 heteroatoms. The highest BCUT2D eigenvalue weighted by Crippen LogP contribution is 2.11. The molecule has 2 heterocycles. The largest absolute Gasteiger partial charge is 0.383 e. The standard InChI is InChI=1S/C11H8BN3O/c12-9-5-1-4-8(15-9)10(16)7-3-2-6-14-11(7)13/h1-6H,(H2,13,14). The van der Waals surface area contributed by atoms with Crippen molar-refractivity contribution in [2.75, 3.05) is 5.73 Å². The Morgan fingerprint density at radius 1 is 1.25 bits per heavy atom. The number of hydrogen-bond donors (Lipinski definition) is 1. The molecule has 0 aliphatic rings. The average molecular weight is 209 g/mol. The lowest BCUT2D eigenvalue weighted by molar-refractivity contribution is 0.103. The topological polar surface area (TPSA) is 68.9 Å². The first-order valence-electron chi connectivity index (χ1n) is 4.66. The molecule has 0 aromatic carbocycles. The fraction of sp³-hybridized carbons (Fsp3) is 0. The van der Waals surface area contributed by atoms with Gasteiger partial charge in [0.1, 0.15) is 19.4 Å². The molecule has 2 aromatic heterocycles. The molecule has 0 spiro atoms. The summed E-state index contributed by atoms with van der Waals surface area (Å²) in [7, 11) is 5.50. The van der Waals surface area contributed by atoms with E-state index in [1.807, 2.05) is 0 Å². The lowest BCUT2D eigenvalue weighted by Crippen LogP contribution is -2.15. The molecule has 0 aliphatic heterocycles. The van der Waals surface area contributed by atoms with E-state index in [4.69, 9.17) is 13.6 Å². The average Bonchev–Trinajstić information content (AvgIpc) is 2.29. The van der Waals surface area contributed by atoms with E-state index in [0.29, 0.717) is 11.2 Å². The van der Waals surface area contributed by atoms with Crippen molar-refractivity contribution in [1.29, 1.82) is 0 Å². The normalized spacial score (nSPS) is 10.0. The zero-order valence-corrected chi connectivity index (χ0v) is 8.42. The van der Waals surface area contributed by atoms with Gasteiger partial charge in [0, 0.05) is 6.20 Å². The highest BCUT2D eigenvalue weighted by molar-refractivity contribution is 6.30. The Morgan fingerprint density at radius 2 is 2.06 bits per heavy atom. The smallest absolute Gasteiger partial charge is 0.215 e. The second kappa shape index (κ2) is 4.14. The summed E-state index contributed by atoms with van der Waals surface area (Å²) >= 11 is 0. The summed E-state index contributed by atoms with van der Waals surface area (Å²) in [6.07, 6.45) is 1.53. The van der Waals surface area contributed by atoms with Crippen LogP contribution in [0.1, 0.15) is 16.1 Å².